The maximum absolute atomic E-state index is 5.72. The number of fused-ring (bicyclic) bond motifs is 1. The molecule has 0 saturated heterocycles. The molecule has 0 unspecified atom stereocenters. The highest BCUT2D eigenvalue weighted by Crippen LogP contribution is 2.30. The number of halogens is 1. The van der Waals surface area contributed by atoms with Crippen molar-refractivity contribution in [1.82, 2.24) is 4.98 Å². The molecule has 0 atom stereocenters. The number of anilines is 1. The number of nitrogen functional groups attached to an aromatic ring is 1. The van der Waals surface area contributed by atoms with Crippen molar-refractivity contribution in [1.29, 1.82) is 0 Å². The summed E-state index contributed by atoms with van der Waals surface area (Å²) in [7, 11) is 0. The van der Waals surface area contributed by atoms with Gasteiger partial charge in [-0.3, -0.25) is 0 Å². The second-order valence-corrected chi connectivity index (χ2v) is 5.93. The lowest BCUT2D eigenvalue weighted by molar-refractivity contribution is 0.556. The van der Waals surface area contributed by atoms with Gasteiger partial charge in [0.2, 0.25) is 5.89 Å². The van der Waals surface area contributed by atoms with Crippen LogP contribution in [-0.4, -0.2) is 4.98 Å². The first-order chi connectivity index (χ1) is 9.22. The van der Waals surface area contributed by atoms with E-state index in [0.717, 1.165) is 15.6 Å². The molecule has 0 bridgehead atoms. The van der Waals surface area contributed by atoms with Crippen LogP contribution in [0.3, 0.4) is 0 Å². The average molecular weight is 335 g/mol. The molecule has 3 rings (SSSR count). The van der Waals surface area contributed by atoms with E-state index in [1.165, 1.54) is 4.90 Å². The molecule has 3 nitrogen and oxygen atoms in total. The molecule has 0 radical (unpaired) electrons. The summed E-state index contributed by atoms with van der Waals surface area (Å²) in [6.45, 7) is 0. The first-order valence-electron chi connectivity index (χ1n) is 5.74. The van der Waals surface area contributed by atoms with Crippen molar-refractivity contribution in [3.8, 4) is 0 Å². The monoisotopic (exact) mass is 334 g/mol. The highest BCUT2D eigenvalue weighted by molar-refractivity contribution is 9.10. The molecule has 0 aliphatic rings. The van der Waals surface area contributed by atoms with Gasteiger partial charge in [0.25, 0.3) is 0 Å². The van der Waals surface area contributed by atoms with Gasteiger partial charge in [-0.2, -0.15) is 0 Å². The summed E-state index contributed by atoms with van der Waals surface area (Å²) in [6.07, 6.45) is 0. The Bertz CT molecular complexity index is 726. The van der Waals surface area contributed by atoms with Crippen molar-refractivity contribution in [3.63, 3.8) is 0 Å². The van der Waals surface area contributed by atoms with Crippen LogP contribution in [0.25, 0.3) is 11.1 Å². The molecule has 0 aliphatic heterocycles. The Balaban J connectivity index is 1.80. The van der Waals surface area contributed by atoms with E-state index in [4.69, 9.17) is 10.2 Å². The average Bonchev–Trinajstić information content (AvgIpc) is 2.79. The summed E-state index contributed by atoms with van der Waals surface area (Å²) in [4.78, 5) is 5.61. The molecule has 0 amide bonds. The van der Waals surface area contributed by atoms with Crippen LogP contribution >= 0.6 is 27.7 Å². The van der Waals surface area contributed by atoms with Crippen molar-refractivity contribution in [2.24, 2.45) is 0 Å². The van der Waals surface area contributed by atoms with Crippen LogP contribution in [-0.2, 0) is 5.75 Å². The van der Waals surface area contributed by atoms with Crippen LogP contribution in [0.15, 0.2) is 56.2 Å². The number of hydrogen-bond donors (Lipinski definition) is 1. The van der Waals surface area contributed by atoms with Crippen LogP contribution in [0.2, 0.25) is 0 Å². The van der Waals surface area contributed by atoms with Gasteiger partial charge in [-0.25, -0.2) is 4.98 Å². The minimum atomic E-state index is 0.689. The number of thioether (sulfide) groups is 1. The number of nitrogens with two attached hydrogens (primary N) is 1. The number of rotatable bonds is 3. The van der Waals surface area contributed by atoms with Crippen molar-refractivity contribution >= 4 is 44.5 Å². The van der Waals surface area contributed by atoms with Gasteiger partial charge in [0.1, 0.15) is 5.52 Å². The van der Waals surface area contributed by atoms with E-state index in [1.807, 2.05) is 30.3 Å². The maximum atomic E-state index is 5.72. The fourth-order valence-corrected chi connectivity index (χ4v) is 3.16. The molecule has 96 valence electrons. The maximum Gasteiger partial charge on any atom is 0.205 e. The molecule has 2 N–H and O–H groups in total. The van der Waals surface area contributed by atoms with Crippen molar-refractivity contribution in [2.45, 2.75) is 10.6 Å². The second kappa shape index (κ2) is 5.27. The Kier molecular flexibility index (Phi) is 3.48. The van der Waals surface area contributed by atoms with Crippen LogP contribution in [0, 0.1) is 0 Å². The van der Waals surface area contributed by atoms with Crippen LogP contribution < -0.4 is 5.73 Å². The standard InChI is InChI=1S/C14H11BrN2OS/c15-10-3-1-2-4-13(10)19-8-14-17-11-6-5-9(16)7-12(11)18-14/h1-7H,8,16H2. The molecule has 2 aromatic carbocycles. The van der Waals surface area contributed by atoms with Crippen molar-refractivity contribution in [2.75, 3.05) is 5.73 Å². The lowest BCUT2D eigenvalue weighted by atomic mass is 10.3. The zero-order valence-corrected chi connectivity index (χ0v) is 12.4. The fraction of sp³-hybridized carbons (Fsp3) is 0.0714. The summed E-state index contributed by atoms with van der Waals surface area (Å²) in [5, 5.41) is 0. The van der Waals surface area contributed by atoms with Gasteiger partial charge in [0.15, 0.2) is 5.58 Å². The predicted molar refractivity (Wildman–Crippen MR) is 82.1 cm³/mol. The van der Waals surface area contributed by atoms with E-state index in [9.17, 15) is 0 Å². The van der Waals surface area contributed by atoms with E-state index >= 15 is 0 Å². The zero-order chi connectivity index (χ0) is 13.2. The Morgan fingerprint density at radius 1 is 1.21 bits per heavy atom. The van der Waals surface area contributed by atoms with E-state index in [-0.39, 0.29) is 0 Å². The minimum Gasteiger partial charge on any atom is -0.440 e. The zero-order valence-electron chi connectivity index (χ0n) is 9.97. The Labute approximate surface area is 123 Å². The molecule has 3 aromatic rings. The molecular formula is C14H11BrN2OS. The van der Waals surface area contributed by atoms with E-state index in [2.05, 4.69) is 27.0 Å². The van der Waals surface area contributed by atoms with Gasteiger partial charge in [0, 0.05) is 21.1 Å². The third-order valence-electron chi connectivity index (χ3n) is 2.64. The highest BCUT2D eigenvalue weighted by Gasteiger charge is 2.07. The van der Waals surface area contributed by atoms with Gasteiger partial charge in [-0.1, -0.05) is 12.1 Å². The van der Waals surface area contributed by atoms with Gasteiger partial charge in [-0.05, 0) is 40.2 Å². The summed E-state index contributed by atoms with van der Waals surface area (Å²) in [5.74, 6) is 1.40. The summed E-state index contributed by atoms with van der Waals surface area (Å²) >= 11 is 5.21. The molecule has 19 heavy (non-hydrogen) atoms. The number of nitrogens with zero attached hydrogens (tertiary/aromatic N) is 1. The van der Waals surface area contributed by atoms with Crippen LogP contribution in [0.1, 0.15) is 5.89 Å². The molecule has 0 spiro atoms. The topological polar surface area (TPSA) is 52.0 Å². The number of aromatic nitrogens is 1. The molecule has 0 fully saturated rings. The second-order valence-electron chi connectivity index (χ2n) is 4.05. The predicted octanol–water partition coefficient (Wildman–Crippen LogP) is 4.46. The molecule has 1 heterocycles. The largest absolute Gasteiger partial charge is 0.440 e. The Morgan fingerprint density at radius 3 is 2.89 bits per heavy atom. The van der Waals surface area contributed by atoms with Gasteiger partial charge in [0.05, 0.1) is 5.75 Å². The summed E-state index contributed by atoms with van der Waals surface area (Å²) in [5.41, 5.74) is 7.99. The van der Waals surface area contributed by atoms with E-state index in [1.54, 1.807) is 17.8 Å². The first-order valence-corrected chi connectivity index (χ1v) is 7.52. The SMILES string of the molecule is Nc1ccc2nc(CSc3ccccc3Br)oc2c1. The van der Waals surface area contributed by atoms with Gasteiger partial charge < -0.3 is 10.2 Å². The molecule has 0 aliphatic carbocycles. The van der Waals surface area contributed by atoms with Crippen LogP contribution in [0.5, 0.6) is 0 Å². The Hall–Kier alpha value is -1.46. The lowest BCUT2D eigenvalue weighted by Crippen LogP contribution is -1.81. The van der Waals surface area contributed by atoms with Gasteiger partial charge >= 0.3 is 0 Å². The third kappa shape index (κ3) is 2.77. The van der Waals surface area contributed by atoms with Gasteiger partial charge in [-0.15, -0.1) is 11.8 Å². The number of oxazole rings is 1. The smallest absolute Gasteiger partial charge is 0.205 e. The summed E-state index contributed by atoms with van der Waals surface area (Å²) < 4.78 is 6.77. The molecule has 5 heteroatoms. The highest BCUT2D eigenvalue weighted by atomic mass is 79.9. The van der Waals surface area contributed by atoms with Crippen molar-refractivity contribution in [3.05, 3.63) is 52.8 Å². The molecule has 0 saturated carbocycles. The Morgan fingerprint density at radius 2 is 2.05 bits per heavy atom. The normalized spacial score (nSPS) is 11.0. The third-order valence-corrected chi connectivity index (χ3v) is 4.66. The number of hydrogen-bond acceptors (Lipinski definition) is 4. The number of benzene rings is 2. The van der Waals surface area contributed by atoms with Crippen molar-refractivity contribution < 1.29 is 4.42 Å². The first kappa shape index (κ1) is 12.6. The quantitative estimate of drug-likeness (QED) is 0.567. The summed E-state index contributed by atoms with van der Waals surface area (Å²) in [6, 6.07) is 13.6. The minimum absolute atomic E-state index is 0.689. The molecular weight excluding hydrogens is 324 g/mol. The van der Waals surface area contributed by atoms with Crippen LogP contribution in [0.4, 0.5) is 5.69 Å². The van der Waals surface area contributed by atoms with E-state index in [0.29, 0.717) is 17.3 Å². The lowest BCUT2D eigenvalue weighted by Gasteiger charge is -2.00. The fourth-order valence-electron chi connectivity index (χ4n) is 1.75. The van der Waals surface area contributed by atoms with E-state index < -0.39 is 0 Å². The molecule has 1 aromatic heterocycles.